The number of ether oxygens (including phenoxy) is 1. The molecule has 100 valence electrons. The molecular weight excluding hydrogens is 316 g/mol. The number of primary amides is 1. The first kappa shape index (κ1) is 14.0. The molecule has 0 radical (unpaired) electrons. The Balaban J connectivity index is 1.92. The van der Waals surface area contributed by atoms with Crippen molar-refractivity contribution in [3.63, 3.8) is 0 Å². The summed E-state index contributed by atoms with van der Waals surface area (Å²) in [6.45, 7) is 2.19. The number of carbonyl (C=O) groups excluding carboxylic acids is 1. The van der Waals surface area contributed by atoms with Crippen LogP contribution in [0.4, 0.5) is 0 Å². The summed E-state index contributed by atoms with van der Waals surface area (Å²) in [6, 6.07) is 4.34. The molecule has 1 amide bonds. The van der Waals surface area contributed by atoms with Crippen LogP contribution in [-0.4, -0.2) is 31.7 Å². The zero-order valence-electron chi connectivity index (χ0n) is 10.0. The molecule has 1 saturated heterocycles. The average Bonchev–Trinajstić information content (AvgIpc) is 2.77. The van der Waals surface area contributed by atoms with Gasteiger partial charge in [-0.25, -0.2) is 0 Å². The highest BCUT2D eigenvalue weighted by Gasteiger charge is 2.22. The standard InChI is InChI=1S/C12H17BrN2O2S/c13-11-2-1-10(18-11)9(12(14)16)7-15-8-3-5-17-6-4-8/h1-2,8-9,15H,3-7H2,(H2,14,16)/t9-/m1/s1. The van der Waals surface area contributed by atoms with Gasteiger partial charge in [-0.1, -0.05) is 0 Å². The van der Waals surface area contributed by atoms with Crippen LogP contribution in [0.2, 0.25) is 0 Å². The summed E-state index contributed by atoms with van der Waals surface area (Å²) >= 11 is 4.97. The fraction of sp³-hybridized carbons (Fsp3) is 0.583. The summed E-state index contributed by atoms with van der Waals surface area (Å²) in [5.41, 5.74) is 5.48. The molecule has 1 aliphatic heterocycles. The predicted molar refractivity (Wildman–Crippen MR) is 75.8 cm³/mol. The topological polar surface area (TPSA) is 64.4 Å². The van der Waals surface area contributed by atoms with Gasteiger partial charge in [-0.2, -0.15) is 0 Å². The number of nitrogens with two attached hydrogens (primary N) is 1. The van der Waals surface area contributed by atoms with Crippen LogP contribution in [0.5, 0.6) is 0 Å². The monoisotopic (exact) mass is 332 g/mol. The number of rotatable bonds is 5. The second-order valence-electron chi connectivity index (χ2n) is 4.39. The minimum Gasteiger partial charge on any atom is -0.381 e. The Morgan fingerprint density at radius 3 is 2.83 bits per heavy atom. The van der Waals surface area contributed by atoms with Crippen molar-refractivity contribution in [3.05, 3.63) is 20.8 Å². The van der Waals surface area contributed by atoms with E-state index >= 15 is 0 Å². The lowest BCUT2D eigenvalue weighted by Gasteiger charge is -2.24. The lowest BCUT2D eigenvalue weighted by atomic mass is 10.0. The Kier molecular flexibility index (Phi) is 5.17. The smallest absolute Gasteiger partial charge is 0.227 e. The van der Waals surface area contributed by atoms with Gasteiger partial charge in [-0.3, -0.25) is 4.79 Å². The molecule has 1 fully saturated rings. The second-order valence-corrected chi connectivity index (χ2v) is 6.89. The molecule has 0 aliphatic carbocycles. The van der Waals surface area contributed by atoms with Crippen LogP contribution < -0.4 is 11.1 Å². The highest BCUT2D eigenvalue weighted by atomic mass is 79.9. The van der Waals surface area contributed by atoms with Crippen molar-refractivity contribution in [1.82, 2.24) is 5.32 Å². The van der Waals surface area contributed by atoms with Crippen LogP contribution >= 0.6 is 27.3 Å². The molecule has 1 aromatic rings. The van der Waals surface area contributed by atoms with E-state index in [1.165, 1.54) is 0 Å². The largest absolute Gasteiger partial charge is 0.381 e. The molecule has 2 rings (SSSR count). The molecule has 4 nitrogen and oxygen atoms in total. The summed E-state index contributed by atoms with van der Waals surface area (Å²) < 4.78 is 6.33. The van der Waals surface area contributed by atoms with E-state index in [4.69, 9.17) is 10.5 Å². The van der Waals surface area contributed by atoms with E-state index in [9.17, 15) is 4.79 Å². The number of thiophene rings is 1. The summed E-state index contributed by atoms with van der Waals surface area (Å²) in [7, 11) is 0. The molecule has 0 spiro atoms. The summed E-state index contributed by atoms with van der Waals surface area (Å²) in [5.74, 6) is -0.520. The van der Waals surface area contributed by atoms with E-state index in [1.807, 2.05) is 12.1 Å². The highest BCUT2D eigenvalue weighted by Crippen LogP contribution is 2.28. The van der Waals surface area contributed by atoms with E-state index in [1.54, 1.807) is 11.3 Å². The van der Waals surface area contributed by atoms with Crippen molar-refractivity contribution in [1.29, 1.82) is 0 Å². The molecule has 3 N–H and O–H groups in total. The first-order valence-electron chi connectivity index (χ1n) is 6.02. The van der Waals surface area contributed by atoms with Crippen molar-refractivity contribution in [2.24, 2.45) is 5.73 Å². The van der Waals surface area contributed by atoms with E-state index < -0.39 is 0 Å². The van der Waals surface area contributed by atoms with E-state index in [-0.39, 0.29) is 11.8 Å². The van der Waals surface area contributed by atoms with Crippen LogP contribution in [0.1, 0.15) is 23.6 Å². The molecule has 0 unspecified atom stereocenters. The Bertz CT molecular complexity index is 405. The molecular formula is C12H17BrN2O2S. The quantitative estimate of drug-likeness (QED) is 0.864. The van der Waals surface area contributed by atoms with Gasteiger partial charge in [0.05, 0.1) is 9.70 Å². The van der Waals surface area contributed by atoms with Crippen LogP contribution in [0, 0.1) is 0 Å². The van der Waals surface area contributed by atoms with Gasteiger partial charge in [0.1, 0.15) is 0 Å². The molecule has 1 aromatic heterocycles. The Labute approximate surface area is 119 Å². The number of halogens is 1. The van der Waals surface area contributed by atoms with Crippen LogP contribution in [0.3, 0.4) is 0 Å². The Morgan fingerprint density at radius 1 is 1.56 bits per heavy atom. The number of carbonyl (C=O) groups is 1. The maximum Gasteiger partial charge on any atom is 0.227 e. The van der Waals surface area contributed by atoms with Gasteiger partial charge in [0, 0.05) is 30.7 Å². The molecule has 18 heavy (non-hydrogen) atoms. The van der Waals surface area contributed by atoms with Gasteiger partial charge in [0.2, 0.25) is 5.91 Å². The molecule has 0 saturated carbocycles. The fourth-order valence-electron chi connectivity index (χ4n) is 2.04. The highest BCUT2D eigenvalue weighted by molar-refractivity contribution is 9.11. The zero-order valence-corrected chi connectivity index (χ0v) is 12.4. The predicted octanol–water partition coefficient (Wildman–Crippen LogP) is 1.85. The van der Waals surface area contributed by atoms with Gasteiger partial charge < -0.3 is 15.8 Å². The van der Waals surface area contributed by atoms with E-state index in [0.717, 1.165) is 34.7 Å². The van der Waals surface area contributed by atoms with Gasteiger partial charge in [-0.15, -0.1) is 11.3 Å². The first-order chi connectivity index (χ1) is 8.66. The van der Waals surface area contributed by atoms with Crippen molar-refractivity contribution in [3.8, 4) is 0 Å². The SMILES string of the molecule is NC(=O)[C@H](CNC1CCOCC1)c1ccc(Br)s1. The number of hydrogen-bond donors (Lipinski definition) is 2. The van der Waals surface area contributed by atoms with Gasteiger partial charge in [0.15, 0.2) is 0 Å². The van der Waals surface area contributed by atoms with E-state index in [0.29, 0.717) is 12.6 Å². The maximum absolute atomic E-state index is 11.5. The lowest BCUT2D eigenvalue weighted by Crippen LogP contribution is -2.39. The van der Waals surface area contributed by atoms with Gasteiger partial charge in [-0.05, 0) is 40.9 Å². The third kappa shape index (κ3) is 3.78. The zero-order chi connectivity index (χ0) is 13.0. The van der Waals surface area contributed by atoms with Crippen molar-refractivity contribution in [2.75, 3.05) is 19.8 Å². The molecule has 0 bridgehead atoms. The fourth-order valence-corrected chi connectivity index (χ4v) is 3.58. The van der Waals surface area contributed by atoms with Crippen LogP contribution in [-0.2, 0) is 9.53 Å². The van der Waals surface area contributed by atoms with Crippen molar-refractivity contribution in [2.45, 2.75) is 24.8 Å². The number of hydrogen-bond acceptors (Lipinski definition) is 4. The van der Waals surface area contributed by atoms with Crippen molar-refractivity contribution < 1.29 is 9.53 Å². The van der Waals surface area contributed by atoms with E-state index in [2.05, 4.69) is 21.2 Å². The van der Waals surface area contributed by atoms with Crippen LogP contribution in [0.25, 0.3) is 0 Å². The third-order valence-corrected chi connectivity index (χ3v) is 4.85. The maximum atomic E-state index is 11.5. The number of nitrogens with one attached hydrogen (secondary N) is 1. The summed E-state index contributed by atoms with van der Waals surface area (Å²) in [5, 5.41) is 3.42. The first-order valence-corrected chi connectivity index (χ1v) is 7.63. The molecule has 1 aliphatic rings. The van der Waals surface area contributed by atoms with Crippen LogP contribution in [0.15, 0.2) is 15.9 Å². The number of amides is 1. The van der Waals surface area contributed by atoms with Crippen molar-refractivity contribution >= 4 is 33.2 Å². The Hall–Kier alpha value is -0.430. The molecule has 2 heterocycles. The third-order valence-electron chi connectivity index (χ3n) is 3.11. The summed E-state index contributed by atoms with van der Waals surface area (Å²) in [6.07, 6.45) is 2.00. The second kappa shape index (κ2) is 6.65. The normalized spacial score (nSPS) is 18.7. The molecule has 1 atom stereocenters. The van der Waals surface area contributed by atoms with Gasteiger partial charge >= 0.3 is 0 Å². The van der Waals surface area contributed by atoms with Gasteiger partial charge in [0.25, 0.3) is 0 Å². The minimum atomic E-state index is -0.274. The average molecular weight is 333 g/mol. The summed E-state index contributed by atoms with van der Waals surface area (Å²) in [4.78, 5) is 12.5. The molecule has 0 aromatic carbocycles. The Morgan fingerprint density at radius 2 is 2.28 bits per heavy atom. The molecule has 6 heteroatoms. The lowest BCUT2D eigenvalue weighted by molar-refractivity contribution is -0.119. The minimum absolute atomic E-state index is 0.246.